The maximum Gasteiger partial charge on any atom is 0.232 e. The van der Waals surface area contributed by atoms with E-state index in [1.807, 2.05) is 24.3 Å². The summed E-state index contributed by atoms with van der Waals surface area (Å²) in [6.45, 7) is 2.71. The van der Waals surface area contributed by atoms with Crippen LogP contribution in [0.25, 0.3) is 0 Å². The van der Waals surface area contributed by atoms with Gasteiger partial charge in [0.2, 0.25) is 15.9 Å². The van der Waals surface area contributed by atoms with Crippen LogP contribution >= 0.6 is 0 Å². The summed E-state index contributed by atoms with van der Waals surface area (Å²) in [5.74, 6) is 0.182. The zero-order chi connectivity index (χ0) is 22.4. The third-order valence-electron chi connectivity index (χ3n) is 5.34. The molecule has 3 rings (SSSR count). The number of carbonyl (C=O) groups excluding carboxylic acids is 1. The van der Waals surface area contributed by atoms with E-state index in [9.17, 15) is 17.6 Å². The Kier molecular flexibility index (Phi) is 7.37. The molecule has 0 aromatic heterocycles. The Morgan fingerprint density at radius 2 is 1.71 bits per heavy atom. The van der Waals surface area contributed by atoms with Gasteiger partial charge in [-0.1, -0.05) is 12.1 Å². The largest absolute Gasteiger partial charge is 0.497 e. The molecule has 1 fully saturated rings. The van der Waals surface area contributed by atoms with Gasteiger partial charge in [-0.15, -0.1) is 0 Å². The first-order valence-electron chi connectivity index (χ1n) is 10.2. The summed E-state index contributed by atoms with van der Waals surface area (Å²) in [5, 5.41) is 0. The van der Waals surface area contributed by atoms with Crippen molar-refractivity contribution in [3.05, 3.63) is 54.3 Å². The Hall–Kier alpha value is -2.81. The minimum atomic E-state index is -3.65. The second-order valence-corrected chi connectivity index (χ2v) is 9.36. The highest BCUT2D eigenvalue weighted by molar-refractivity contribution is 7.92. The van der Waals surface area contributed by atoms with E-state index in [0.29, 0.717) is 19.5 Å². The Morgan fingerprint density at radius 3 is 2.29 bits per heavy atom. The van der Waals surface area contributed by atoms with Crippen molar-refractivity contribution < 1.29 is 22.3 Å². The van der Waals surface area contributed by atoms with E-state index in [1.54, 1.807) is 18.1 Å². The monoisotopic (exact) mass is 449 g/mol. The standard InChI is InChI=1S/C22H28FN3O4S/c1-30-19-11-9-18(10-12-19)24-14-16-25(17-15-24)22(27)8-5-13-26(31(2,28)29)21-7-4-3-6-20(21)23/h3-4,6-7,9-12H,5,8,13-17H2,1-2H3. The van der Waals surface area contributed by atoms with Gasteiger partial charge in [0.15, 0.2) is 0 Å². The minimum Gasteiger partial charge on any atom is -0.497 e. The van der Waals surface area contributed by atoms with Crippen molar-refractivity contribution in [1.29, 1.82) is 0 Å². The Labute approximate surface area is 183 Å². The quantitative estimate of drug-likeness (QED) is 0.620. The van der Waals surface area contributed by atoms with E-state index < -0.39 is 15.8 Å². The van der Waals surface area contributed by atoms with Crippen LogP contribution in [0.2, 0.25) is 0 Å². The van der Waals surface area contributed by atoms with Crippen molar-refractivity contribution in [3.8, 4) is 5.75 Å². The van der Waals surface area contributed by atoms with Crippen LogP contribution in [0.4, 0.5) is 15.8 Å². The molecule has 2 aromatic rings. The molecule has 1 aliphatic heterocycles. The SMILES string of the molecule is COc1ccc(N2CCN(C(=O)CCCN(c3ccccc3F)S(C)(=O)=O)CC2)cc1. The molecule has 2 aromatic carbocycles. The van der Waals surface area contributed by atoms with Crippen LogP contribution in [-0.4, -0.2) is 65.3 Å². The van der Waals surface area contributed by atoms with Crippen LogP contribution in [0.5, 0.6) is 5.75 Å². The number of anilines is 2. The van der Waals surface area contributed by atoms with Crippen molar-refractivity contribution in [3.63, 3.8) is 0 Å². The first kappa shape index (κ1) is 22.9. The van der Waals surface area contributed by atoms with E-state index in [4.69, 9.17) is 4.74 Å². The number of sulfonamides is 1. The van der Waals surface area contributed by atoms with Gasteiger partial charge in [0.25, 0.3) is 0 Å². The predicted molar refractivity (Wildman–Crippen MR) is 120 cm³/mol. The highest BCUT2D eigenvalue weighted by atomic mass is 32.2. The second-order valence-electron chi connectivity index (χ2n) is 7.46. The molecule has 0 atom stereocenters. The zero-order valence-corrected chi connectivity index (χ0v) is 18.6. The lowest BCUT2D eigenvalue weighted by Crippen LogP contribution is -2.48. The first-order chi connectivity index (χ1) is 14.8. The molecule has 0 saturated carbocycles. The van der Waals surface area contributed by atoms with Gasteiger partial charge in [0, 0.05) is 44.8 Å². The molecule has 0 N–H and O–H groups in total. The molecule has 0 aliphatic carbocycles. The molecule has 1 aliphatic rings. The number of ether oxygens (including phenoxy) is 1. The van der Waals surface area contributed by atoms with Crippen LogP contribution < -0.4 is 13.9 Å². The first-order valence-corrected chi connectivity index (χ1v) is 12.0. The molecule has 0 spiro atoms. The Balaban J connectivity index is 1.51. The molecule has 9 heteroatoms. The Morgan fingerprint density at radius 1 is 1.06 bits per heavy atom. The fraction of sp³-hybridized carbons (Fsp3) is 0.409. The zero-order valence-electron chi connectivity index (χ0n) is 17.8. The number of hydrogen-bond acceptors (Lipinski definition) is 5. The summed E-state index contributed by atoms with van der Waals surface area (Å²) in [4.78, 5) is 16.6. The molecule has 7 nitrogen and oxygen atoms in total. The van der Waals surface area contributed by atoms with Gasteiger partial charge < -0.3 is 14.5 Å². The molecule has 0 radical (unpaired) electrons. The number of carbonyl (C=O) groups is 1. The number of amides is 1. The Bertz CT molecular complexity index is 990. The number of halogens is 1. The summed E-state index contributed by atoms with van der Waals surface area (Å²) in [6, 6.07) is 13.6. The molecule has 0 bridgehead atoms. The molecule has 1 heterocycles. The summed E-state index contributed by atoms with van der Waals surface area (Å²) in [6.07, 6.45) is 1.57. The summed E-state index contributed by atoms with van der Waals surface area (Å²) >= 11 is 0. The summed E-state index contributed by atoms with van der Waals surface area (Å²) in [5.41, 5.74) is 1.09. The third-order valence-corrected chi connectivity index (χ3v) is 6.52. The van der Waals surface area contributed by atoms with Gasteiger partial charge >= 0.3 is 0 Å². The number of nitrogens with zero attached hydrogens (tertiary/aromatic N) is 3. The number of hydrogen-bond donors (Lipinski definition) is 0. The van der Waals surface area contributed by atoms with Crippen molar-refractivity contribution in [2.45, 2.75) is 12.8 Å². The fourth-order valence-electron chi connectivity index (χ4n) is 3.66. The highest BCUT2D eigenvalue weighted by Gasteiger charge is 2.23. The third kappa shape index (κ3) is 5.88. The van der Waals surface area contributed by atoms with Gasteiger partial charge in [-0.05, 0) is 42.8 Å². The van der Waals surface area contributed by atoms with E-state index in [0.717, 1.165) is 35.1 Å². The van der Waals surface area contributed by atoms with Gasteiger partial charge in [-0.25, -0.2) is 12.8 Å². The second kappa shape index (κ2) is 10.00. The molecular formula is C22H28FN3O4S. The smallest absolute Gasteiger partial charge is 0.232 e. The van der Waals surface area contributed by atoms with Gasteiger partial charge in [0.1, 0.15) is 11.6 Å². The predicted octanol–water partition coefficient (Wildman–Crippen LogP) is 2.73. The number of para-hydroxylation sites is 1. The molecule has 1 saturated heterocycles. The highest BCUT2D eigenvalue weighted by Crippen LogP contribution is 2.23. The van der Waals surface area contributed by atoms with Crippen molar-refractivity contribution in [2.75, 3.05) is 55.3 Å². The summed E-state index contributed by atoms with van der Waals surface area (Å²) < 4.78 is 44.5. The molecule has 31 heavy (non-hydrogen) atoms. The average Bonchev–Trinajstić information content (AvgIpc) is 2.77. The lowest BCUT2D eigenvalue weighted by molar-refractivity contribution is -0.131. The van der Waals surface area contributed by atoms with E-state index >= 15 is 0 Å². The fourth-order valence-corrected chi connectivity index (χ4v) is 4.62. The number of rotatable bonds is 8. The van der Waals surface area contributed by atoms with Crippen LogP contribution in [-0.2, 0) is 14.8 Å². The van der Waals surface area contributed by atoms with Gasteiger partial charge in [-0.3, -0.25) is 9.10 Å². The maximum absolute atomic E-state index is 14.1. The molecule has 1 amide bonds. The minimum absolute atomic E-state index is 0.00514. The van der Waals surface area contributed by atoms with Crippen molar-refractivity contribution in [1.82, 2.24) is 4.90 Å². The van der Waals surface area contributed by atoms with Crippen molar-refractivity contribution >= 4 is 27.3 Å². The maximum atomic E-state index is 14.1. The molecule has 0 unspecified atom stereocenters. The van der Waals surface area contributed by atoms with Crippen LogP contribution in [0.1, 0.15) is 12.8 Å². The topological polar surface area (TPSA) is 70.2 Å². The molecule has 168 valence electrons. The number of benzene rings is 2. The lowest BCUT2D eigenvalue weighted by Gasteiger charge is -2.36. The average molecular weight is 450 g/mol. The van der Waals surface area contributed by atoms with Gasteiger partial charge in [0.05, 0.1) is 19.1 Å². The number of piperazine rings is 1. The molecular weight excluding hydrogens is 421 g/mol. The normalized spacial score (nSPS) is 14.4. The van der Waals surface area contributed by atoms with Crippen LogP contribution in [0.15, 0.2) is 48.5 Å². The van der Waals surface area contributed by atoms with E-state index in [2.05, 4.69) is 4.90 Å². The van der Waals surface area contributed by atoms with Crippen molar-refractivity contribution in [2.24, 2.45) is 0 Å². The lowest BCUT2D eigenvalue weighted by atomic mass is 10.2. The van der Waals surface area contributed by atoms with Crippen LogP contribution in [0, 0.1) is 5.82 Å². The number of methoxy groups -OCH3 is 1. The summed E-state index contributed by atoms with van der Waals surface area (Å²) in [7, 11) is -2.02. The van der Waals surface area contributed by atoms with Crippen LogP contribution in [0.3, 0.4) is 0 Å². The van der Waals surface area contributed by atoms with E-state index in [-0.39, 0.29) is 24.6 Å². The van der Waals surface area contributed by atoms with Gasteiger partial charge in [-0.2, -0.15) is 0 Å². The van der Waals surface area contributed by atoms with E-state index in [1.165, 1.54) is 18.2 Å².